The molecule has 7 aromatic heterocycles. The normalized spacial score (nSPS) is 14.4. The Hall–Kier alpha value is -12.5. The van der Waals surface area contributed by atoms with Gasteiger partial charge < -0.3 is 63.7 Å². The van der Waals surface area contributed by atoms with Crippen molar-refractivity contribution in [3.63, 3.8) is 0 Å². The number of carbonyl (C=O) groups is 1. The third-order valence-electron chi connectivity index (χ3n) is 23.1. The van der Waals surface area contributed by atoms with Gasteiger partial charge in [-0.15, -0.1) is 0 Å². The number of halogens is 4. The molecule has 30 nitrogen and oxygen atoms in total. The van der Waals surface area contributed by atoms with Gasteiger partial charge in [0.2, 0.25) is 0 Å². The molecule has 10 heterocycles. The molecule has 3 aliphatic heterocycles. The zero-order valence-electron chi connectivity index (χ0n) is 83.0. The van der Waals surface area contributed by atoms with Crippen LogP contribution in [0.15, 0.2) is 219 Å². The maximum Gasteiger partial charge on any atom is 0.410 e. The number of carbonyl (C=O) groups excluding carboxylic acids is 1. The van der Waals surface area contributed by atoms with Crippen molar-refractivity contribution >= 4 is 181 Å². The molecule has 746 valence electrons. The van der Waals surface area contributed by atoms with Crippen LogP contribution in [0, 0.1) is 0 Å². The van der Waals surface area contributed by atoms with Gasteiger partial charge in [0.15, 0.2) is 0 Å². The Morgan fingerprint density at radius 1 is 0.444 bits per heavy atom. The highest BCUT2D eigenvalue weighted by Crippen LogP contribution is 2.42. The first-order chi connectivity index (χ1) is 66.9. The number of anilines is 8. The lowest BCUT2D eigenvalue weighted by atomic mass is 10.1. The molecule has 2 fully saturated rings. The number of allylic oxidation sites excluding steroid dienone is 1. The molecular weight excluding hydrogens is 1920 g/mol. The summed E-state index contributed by atoms with van der Waals surface area (Å²) in [5.41, 5.74) is 19.6. The Labute approximate surface area is 863 Å². The van der Waals surface area contributed by atoms with Crippen molar-refractivity contribution in [2.45, 2.75) is 143 Å². The Balaban J connectivity index is 0.000000160. The maximum atomic E-state index is 12.8. The molecule has 3 atom stereocenters. The number of aliphatic hydroxyl groups excluding tert-OH is 2. The lowest BCUT2D eigenvalue weighted by Crippen LogP contribution is -2.51. The third kappa shape index (κ3) is 28.1. The molecule has 36 heteroatoms. The van der Waals surface area contributed by atoms with Crippen LogP contribution >= 0.6 is 73.4 Å². The van der Waals surface area contributed by atoms with Crippen molar-refractivity contribution in [2.24, 2.45) is 26.1 Å². The standard InChI is InChI=1S/C33H40N6O4.C29H37N5O3.C23H24Cl2N6.C21H19Cl2N5O.2H2S/c1-21-11-22(17-34-21)31-18-35-29-8-7-23(15-30(29)36-31)38(24-13-27(41-5)16-28(14-24)42-6)10-9-37-19-26-12-25(37)20-39(26)32(40)43-33(2,3)4;1-28(2,3)36-23-13-22(14-24(16-23)37-29(4,5)6)34(11-8-12-35)21-9-10-25-26(15-21)32-27(18-30-25)20-17-31-33(7)19-20;1-15(2)26-6-7-31(20-9-17(24)8-18(25)10-20)19-4-5-21-22(11-19)29-23(13-27-21)16-12-28-30(3)14-16;1-27-13-14(11-25-27)21-12-24-19-4-3-17(10-20(19)26-21)28(5-2-6-29)18-8-15(22)7-16(23)9-18;;/h7-8,11,13-18,21,25-26H,9-10,12,19-20H2,1-6H3;9-10,13-19,35H,8,11-12H2,1-7H3;4-5,8-15,26H,6-7H2,1-3H3;3-4,7-13,29H,2,5-6H2,1H3;2*1H2/t21?,25-,26-;;;;;/m0...../s1. The molecule has 0 radical (unpaired) electrons. The number of nitrogens with one attached hydrogen (secondary N) is 1. The van der Waals surface area contributed by atoms with Crippen molar-refractivity contribution in [3.05, 3.63) is 239 Å². The largest absolute Gasteiger partial charge is 0.497 e. The van der Waals surface area contributed by atoms with Crippen molar-refractivity contribution in [1.82, 2.24) is 84.3 Å². The van der Waals surface area contributed by atoms with Crippen LogP contribution in [0.3, 0.4) is 0 Å². The smallest absolute Gasteiger partial charge is 0.410 e. The molecule has 0 saturated carbocycles. The minimum absolute atomic E-state index is 0. The van der Waals surface area contributed by atoms with E-state index in [0.717, 1.165) is 197 Å². The number of aliphatic hydroxyl groups is 2. The van der Waals surface area contributed by atoms with E-state index in [1.54, 1.807) is 77.6 Å². The first-order valence-corrected chi connectivity index (χ1v) is 48.2. The summed E-state index contributed by atoms with van der Waals surface area (Å²) in [5, 5.41) is 37.5. The second-order valence-corrected chi connectivity index (χ2v) is 39.8. The number of methoxy groups -OCH3 is 2. The zero-order chi connectivity index (χ0) is 99.4. The van der Waals surface area contributed by atoms with Crippen LogP contribution in [0.4, 0.5) is 50.3 Å². The molecule has 0 aliphatic carbocycles. The topological polar surface area (TPSA) is 304 Å². The fourth-order valence-corrected chi connectivity index (χ4v) is 17.8. The number of rotatable bonds is 29. The number of likely N-dealkylation sites (tertiary alicyclic amines) is 2. The predicted octanol–water partition coefficient (Wildman–Crippen LogP) is 21.8. The van der Waals surface area contributed by atoms with Crippen LogP contribution in [0.5, 0.6) is 23.0 Å². The molecule has 3 N–H and O–H groups in total. The van der Waals surface area contributed by atoms with Crippen LogP contribution in [0.2, 0.25) is 20.1 Å². The quantitative estimate of drug-likeness (QED) is 0.0392. The van der Waals surface area contributed by atoms with E-state index in [0.29, 0.717) is 64.7 Å². The van der Waals surface area contributed by atoms with Crippen LogP contribution in [-0.2, 0) is 25.9 Å². The summed E-state index contributed by atoms with van der Waals surface area (Å²) in [7, 11) is 8.95. The third-order valence-corrected chi connectivity index (χ3v) is 23.9. The fraction of sp³-hybridized carbons (Fsp3) is 0.349. The second kappa shape index (κ2) is 47.2. The molecule has 0 spiro atoms. The van der Waals surface area contributed by atoms with E-state index in [1.807, 2.05) is 241 Å². The summed E-state index contributed by atoms with van der Waals surface area (Å²) in [6, 6.07) is 48.1. The predicted molar refractivity (Wildman–Crippen MR) is 582 cm³/mol. The molecule has 15 aromatic rings. The number of benzene rings is 8. The highest BCUT2D eigenvalue weighted by Gasteiger charge is 2.46. The van der Waals surface area contributed by atoms with Gasteiger partial charge in [0.1, 0.15) is 39.8 Å². The Bertz CT molecular complexity index is 6870. The Morgan fingerprint density at radius 3 is 1.15 bits per heavy atom. The van der Waals surface area contributed by atoms with Crippen LogP contribution in [0.25, 0.3) is 83.5 Å². The van der Waals surface area contributed by atoms with Crippen molar-refractivity contribution in [1.29, 1.82) is 0 Å². The van der Waals surface area contributed by atoms with Crippen molar-refractivity contribution < 1.29 is 38.7 Å². The highest BCUT2D eigenvalue weighted by molar-refractivity contribution is 7.59. The molecule has 2 saturated heterocycles. The second-order valence-electron chi connectivity index (χ2n) is 38.0. The molecule has 1 amide bonds. The average molecular weight is 2040 g/mol. The number of aromatic nitrogens is 14. The summed E-state index contributed by atoms with van der Waals surface area (Å²) in [6.45, 7) is 30.2. The average Bonchev–Trinajstić information content (AvgIpc) is 1.61. The van der Waals surface area contributed by atoms with Gasteiger partial charge >= 0.3 is 6.09 Å². The number of aliphatic imine (C=N–C) groups is 1. The fourth-order valence-electron chi connectivity index (χ4n) is 16.8. The number of aryl methyl sites for hydroxylation is 3. The lowest BCUT2D eigenvalue weighted by Gasteiger charge is -2.36. The van der Waals surface area contributed by atoms with Crippen LogP contribution in [-0.4, -0.2) is 222 Å². The van der Waals surface area contributed by atoms with Gasteiger partial charge in [-0.05, 0) is 204 Å². The van der Waals surface area contributed by atoms with Gasteiger partial charge in [-0.2, -0.15) is 42.3 Å². The molecule has 142 heavy (non-hydrogen) atoms. The van der Waals surface area contributed by atoms with Gasteiger partial charge in [-0.3, -0.25) is 43.9 Å². The summed E-state index contributed by atoms with van der Waals surface area (Å²) in [4.78, 5) is 68.1. The summed E-state index contributed by atoms with van der Waals surface area (Å²) in [6.07, 6.45) is 24.1. The van der Waals surface area contributed by atoms with Crippen LogP contribution < -0.4 is 43.9 Å². The summed E-state index contributed by atoms with van der Waals surface area (Å²) >= 11 is 25.0. The van der Waals surface area contributed by atoms with Gasteiger partial charge in [0.05, 0.1) is 131 Å². The minimum atomic E-state index is -0.498. The Kier molecular flexibility index (Phi) is 35.5. The van der Waals surface area contributed by atoms with E-state index in [2.05, 4.69) is 109 Å². The van der Waals surface area contributed by atoms with E-state index in [-0.39, 0.29) is 69.6 Å². The van der Waals surface area contributed by atoms with Gasteiger partial charge in [0, 0.05) is 254 Å². The maximum absolute atomic E-state index is 12.8. The SMILES string of the molecule is CC(C)NCCN(c1cc(Cl)cc(Cl)c1)c1ccc2ncc(-c3cnn(C)c3)nc2c1.COc1cc(OC)cc(N(CCN2C[C@@H]3C[C@H]2CN3C(=O)OC(C)(C)C)c2ccc3ncc(C4=CC(C)N=C4)nc3c2)c1.Cn1cc(-c2cnc3ccc(N(CCCO)c4cc(Cl)cc(Cl)c4)cc3n2)cn1.Cn1cc(-c2cnc3ccc(N(CCCO)c4cc(OC(C)(C)C)cc(OC(C)(C)C)c4)cc3n2)cn1.S.S. The van der Waals surface area contributed by atoms with E-state index >= 15 is 0 Å². The monoisotopic (exact) mass is 2040 g/mol. The van der Waals surface area contributed by atoms with Gasteiger partial charge in [-0.25, -0.2) is 24.7 Å². The first kappa shape index (κ1) is 107. The van der Waals surface area contributed by atoms with E-state index in [1.165, 1.54) is 0 Å². The van der Waals surface area contributed by atoms with E-state index < -0.39 is 5.60 Å². The van der Waals surface area contributed by atoms with E-state index in [4.69, 9.17) is 90.0 Å². The van der Waals surface area contributed by atoms with Crippen LogP contribution in [0.1, 0.15) is 108 Å². The summed E-state index contributed by atoms with van der Waals surface area (Å²) in [5.74, 6) is 2.88. The summed E-state index contributed by atoms with van der Waals surface area (Å²) < 4.78 is 34.6. The molecular formula is C106H124Cl4N22O8S2. The number of fused-ring (bicyclic) bond motifs is 6. The molecule has 3 aliphatic rings. The zero-order valence-corrected chi connectivity index (χ0v) is 88.1. The lowest BCUT2D eigenvalue weighted by molar-refractivity contribution is 0.0132. The molecule has 8 aromatic carbocycles. The minimum Gasteiger partial charge on any atom is -0.497 e. The number of hydrogen-bond donors (Lipinski definition) is 3. The van der Waals surface area contributed by atoms with Crippen molar-refractivity contribution in [3.8, 4) is 56.8 Å². The first-order valence-electron chi connectivity index (χ1n) is 46.7. The van der Waals surface area contributed by atoms with Gasteiger partial charge in [-0.1, -0.05) is 60.3 Å². The number of ether oxygens (including phenoxy) is 5. The molecule has 18 rings (SSSR count). The van der Waals surface area contributed by atoms with Gasteiger partial charge in [0.25, 0.3) is 0 Å². The van der Waals surface area contributed by atoms with Crippen molar-refractivity contribution in [2.75, 3.05) is 99.4 Å². The molecule has 2 bridgehead atoms. The highest BCUT2D eigenvalue weighted by atomic mass is 35.5. The number of piperazine rings is 1. The molecule has 1 unspecified atom stereocenters. The number of amides is 1. The van der Waals surface area contributed by atoms with E-state index in [9.17, 15) is 15.0 Å². The number of nitrogens with zero attached hydrogens (tertiary/aromatic N) is 21. The Morgan fingerprint density at radius 2 is 0.810 bits per heavy atom. The number of hydrogen-bond acceptors (Lipinski definition) is 26.